The number of piperazine rings is 1. The minimum absolute atomic E-state index is 0.687. The van der Waals surface area contributed by atoms with Crippen LogP contribution in [-0.2, 0) is 0 Å². The first-order chi connectivity index (χ1) is 11.3. The van der Waals surface area contributed by atoms with Crippen LogP contribution in [0.4, 0.5) is 11.4 Å². The quantitative estimate of drug-likeness (QED) is 0.779. The number of hydrogen-bond acceptors (Lipinski definition) is 4. The van der Waals surface area contributed by atoms with Gasteiger partial charge in [0.15, 0.2) is 5.69 Å². The zero-order valence-corrected chi connectivity index (χ0v) is 14.0. The van der Waals surface area contributed by atoms with E-state index in [-0.39, 0.29) is 0 Å². The standard InChI is InChI=1S/C18H26N4O/c1-3-6-20-7-9-21(10-8-20)11-12-22-13-14-23-18-5-4-16(19-2)15-17(18)22/h4-5,15H,3,6-14H2,1H3. The molecule has 0 radical (unpaired) electrons. The summed E-state index contributed by atoms with van der Waals surface area (Å²) < 4.78 is 5.72. The van der Waals surface area contributed by atoms with Crippen molar-refractivity contribution in [1.82, 2.24) is 9.80 Å². The minimum Gasteiger partial charge on any atom is -0.490 e. The maximum atomic E-state index is 7.20. The van der Waals surface area contributed by atoms with Gasteiger partial charge in [-0.15, -0.1) is 0 Å². The fourth-order valence-corrected chi connectivity index (χ4v) is 3.38. The van der Waals surface area contributed by atoms with Gasteiger partial charge in [-0.3, -0.25) is 4.90 Å². The predicted molar refractivity (Wildman–Crippen MR) is 93.6 cm³/mol. The molecule has 0 spiro atoms. The molecule has 5 nitrogen and oxygen atoms in total. The zero-order chi connectivity index (χ0) is 16.1. The highest BCUT2D eigenvalue weighted by atomic mass is 16.5. The number of nitrogens with zero attached hydrogens (tertiary/aromatic N) is 4. The summed E-state index contributed by atoms with van der Waals surface area (Å²) in [7, 11) is 0. The second kappa shape index (κ2) is 7.67. The summed E-state index contributed by atoms with van der Waals surface area (Å²) in [4.78, 5) is 11.0. The third-order valence-corrected chi connectivity index (χ3v) is 4.72. The zero-order valence-electron chi connectivity index (χ0n) is 14.0. The van der Waals surface area contributed by atoms with Crippen molar-refractivity contribution in [2.75, 3.05) is 63.9 Å². The first kappa shape index (κ1) is 16.1. The molecule has 124 valence electrons. The summed E-state index contributed by atoms with van der Waals surface area (Å²) >= 11 is 0. The van der Waals surface area contributed by atoms with Gasteiger partial charge in [0.1, 0.15) is 12.4 Å². The number of hydrogen-bond donors (Lipinski definition) is 0. The first-order valence-electron chi connectivity index (χ1n) is 8.64. The van der Waals surface area contributed by atoms with E-state index in [1.165, 1.54) is 39.1 Å². The summed E-state index contributed by atoms with van der Waals surface area (Å²) in [6.45, 7) is 19.1. The van der Waals surface area contributed by atoms with Gasteiger partial charge in [0.2, 0.25) is 0 Å². The van der Waals surface area contributed by atoms with Gasteiger partial charge in [-0.05, 0) is 25.1 Å². The minimum atomic E-state index is 0.687. The maximum Gasteiger partial charge on any atom is 0.189 e. The molecule has 2 aliphatic heterocycles. The molecule has 0 bridgehead atoms. The molecule has 0 aliphatic carbocycles. The van der Waals surface area contributed by atoms with Crippen molar-refractivity contribution in [3.05, 3.63) is 29.6 Å². The van der Waals surface area contributed by atoms with Crippen molar-refractivity contribution < 1.29 is 4.74 Å². The molecule has 2 heterocycles. The SMILES string of the molecule is [C-]#[N+]c1ccc2c(c1)N(CCN1CCN(CCC)CC1)CCO2. The van der Waals surface area contributed by atoms with Crippen LogP contribution in [0.25, 0.3) is 4.85 Å². The number of ether oxygens (including phenoxy) is 1. The highest BCUT2D eigenvalue weighted by Crippen LogP contribution is 2.34. The van der Waals surface area contributed by atoms with Gasteiger partial charge in [-0.1, -0.05) is 13.0 Å². The van der Waals surface area contributed by atoms with E-state index in [9.17, 15) is 0 Å². The van der Waals surface area contributed by atoms with Crippen molar-refractivity contribution in [3.63, 3.8) is 0 Å². The number of benzene rings is 1. The van der Waals surface area contributed by atoms with Crippen molar-refractivity contribution in [2.45, 2.75) is 13.3 Å². The lowest BCUT2D eigenvalue weighted by molar-refractivity contribution is 0.134. The highest BCUT2D eigenvalue weighted by molar-refractivity contribution is 5.67. The second-order valence-corrected chi connectivity index (χ2v) is 6.28. The van der Waals surface area contributed by atoms with E-state index < -0.39 is 0 Å². The maximum absolute atomic E-state index is 7.20. The fourth-order valence-electron chi connectivity index (χ4n) is 3.38. The molecule has 1 fully saturated rings. The lowest BCUT2D eigenvalue weighted by Gasteiger charge is -2.37. The smallest absolute Gasteiger partial charge is 0.189 e. The summed E-state index contributed by atoms with van der Waals surface area (Å²) in [5.41, 5.74) is 1.77. The van der Waals surface area contributed by atoms with Gasteiger partial charge in [0.05, 0.1) is 18.8 Å². The largest absolute Gasteiger partial charge is 0.490 e. The Labute approximate surface area is 139 Å². The molecule has 0 unspecified atom stereocenters. The lowest BCUT2D eigenvalue weighted by Crippen LogP contribution is -2.49. The molecular formula is C18H26N4O. The monoisotopic (exact) mass is 314 g/mol. The van der Waals surface area contributed by atoms with Crippen molar-refractivity contribution in [1.29, 1.82) is 0 Å². The first-order valence-corrected chi connectivity index (χ1v) is 8.64. The Morgan fingerprint density at radius 2 is 1.78 bits per heavy atom. The molecule has 1 saturated heterocycles. The normalized spacial score (nSPS) is 19.0. The topological polar surface area (TPSA) is 23.3 Å². The van der Waals surface area contributed by atoms with E-state index in [2.05, 4.69) is 26.5 Å². The van der Waals surface area contributed by atoms with Crippen LogP contribution in [0.5, 0.6) is 5.75 Å². The Balaban J connectivity index is 1.55. The third-order valence-electron chi connectivity index (χ3n) is 4.72. The molecule has 0 atom stereocenters. The Bertz CT molecular complexity index is 561. The molecule has 5 heteroatoms. The second-order valence-electron chi connectivity index (χ2n) is 6.28. The number of anilines is 1. The predicted octanol–water partition coefficient (Wildman–Crippen LogP) is 2.46. The van der Waals surface area contributed by atoms with E-state index in [4.69, 9.17) is 11.3 Å². The Hall–Kier alpha value is -1.77. The van der Waals surface area contributed by atoms with Crippen LogP contribution < -0.4 is 9.64 Å². The van der Waals surface area contributed by atoms with Crippen molar-refractivity contribution >= 4 is 11.4 Å². The third kappa shape index (κ3) is 3.95. The van der Waals surface area contributed by atoms with Crippen LogP contribution in [0.2, 0.25) is 0 Å². The summed E-state index contributed by atoms with van der Waals surface area (Å²) in [5.74, 6) is 0.913. The number of rotatable bonds is 5. The van der Waals surface area contributed by atoms with Gasteiger partial charge in [0.25, 0.3) is 0 Å². The van der Waals surface area contributed by atoms with Gasteiger partial charge in [-0.2, -0.15) is 0 Å². The van der Waals surface area contributed by atoms with E-state index in [1.54, 1.807) is 0 Å². The Morgan fingerprint density at radius 3 is 2.48 bits per heavy atom. The van der Waals surface area contributed by atoms with Crippen LogP contribution in [0.15, 0.2) is 18.2 Å². The van der Waals surface area contributed by atoms with Crippen LogP contribution in [0.3, 0.4) is 0 Å². The summed E-state index contributed by atoms with van der Waals surface area (Å²) in [5, 5.41) is 0. The molecule has 0 amide bonds. The van der Waals surface area contributed by atoms with Crippen molar-refractivity contribution in [2.24, 2.45) is 0 Å². The van der Waals surface area contributed by atoms with E-state index in [1.807, 2.05) is 18.2 Å². The molecule has 0 saturated carbocycles. The van der Waals surface area contributed by atoms with Gasteiger partial charge in [-0.25, -0.2) is 4.85 Å². The molecule has 3 rings (SSSR count). The molecule has 0 N–H and O–H groups in total. The lowest BCUT2D eigenvalue weighted by atomic mass is 10.2. The summed E-state index contributed by atoms with van der Waals surface area (Å²) in [6.07, 6.45) is 1.24. The fraction of sp³-hybridized carbons (Fsp3) is 0.611. The van der Waals surface area contributed by atoms with Crippen LogP contribution in [0, 0.1) is 6.57 Å². The average Bonchev–Trinajstić information content (AvgIpc) is 2.61. The van der Waals surface area contributed by atoms with Gasteiger partial charge < -0.3 is 14.5 Å². The van der Waals surface area contributed by atoms with Gasteiger partial charge in [0, 0.05) is 39.3 Å². The van der Waals surface area contributed by atoms with Crippen LogP contribution in [-0.4, -0.2) is 68.8 Å². The molecule has 1 aromatic carbocycles. The molecule has 0 aromatic heterocycles. The van der Waals surface area contributed by atoms with Crippen LogP contribution in [0.1, 0.15) is 13.3 Å². The molecule has 2 aliphatic rings. The van der Waals surface area contributed by atoms with Crippen molar-refractivity contribution in [3.8, 4) is 5.75 Å². The van der Waals surface area contributed by atoms with E-state index in [0.717, 1.165) is 37.7 Å². The highest BCUT2D eigenvalue weighted by Gasteiger charge is 2.21. The van der Waals surface area contributed by atoms with E-state index in [0.29, 0.717) is 5.69 Å². The average molecular weight is 314 g/mol. The molecule has 23 heavy (non-hydrogen) atoms. The molecule has 1 aromatic rings. The molecular weight excluding hydrogens is 288 g/mol. The Kier molecular flexibility index (Phi) is 5.37. The van der Waals surface area contributed by atoms with E-state index >= 15 is 0 Å². The Morgan fingerprint density at radius 1 is 1.04 bits per heavy atom. The number of fused-ring (bicyclic) bond motifs is 1. The summed E-state index contributed by atoms with van der Waals surface area (Å²) in [6, 6.07) is 5.72. The van der Waals surface area contributed by atoms with Gasteiger partial charge >= 0.3 is 0 Å². The van der Waals surface area contributed by atoms with Crippen LogP contribution >= 0.6 is 0 Å².